The van der Waals surface area contributed by atoms with Crippen LogP contribution in [0, 0.1) is 0 Å². The Bertz CT molecular complexity index is 120. The van der Waals surface area contributed by atoms with Gasteiger partial charge in [0, 0.05) is 13.0 Å². The summed E-state index contributed by atoms with van der Waals surface area (Å²) in [5.41, 5.74) is 2.61. The number of hydrogen-bond donors (Lipinski definition) is 1. The van der Waals surface area contributed by atoms with Crippen molar-refractivity contribution in [2.75, 3.05) is 13.2 Å². The third-order valence-corrected chi connectivity index (χ3v) is 1.28. The van der Waals surface area contributed by atoms with Gasteiger partial charge in [0.1, 0.15) is 0 Å². The van der Waals surface area contributed by atoms with Crippen LogP contribution in [0.5, 0.6) is 0 Å². The molecule has 1 aliphatic rings. The third kappa shape index (κ3) is 1.68. The van der Waals surface area contributed by atoms with Crippen LogP contribution in [0.2, 0.25) is 0 Å². The van der Waals surface area contributed by atoms with Crippen LogP contribution in [0.1, 0.15) is 13.3 Å². The van der Waals surface area contributed by atoms with Crippen molar-refractivity contribution in [3.8, 4) is 0 Å². The molecule has 58 valence electrons. The summed E-state index contributed by atoms with van der Waals surface area (Å²) in [6, 6.07) is 0. The van der Waals surface area contributed by atoms with Crippen LogP contribution in [-0.2, 0) is 14.4 Å². The van der Waals surface area contributed by atoms with E-state index in [-0.39, 0.29) is 12.1 Å². The van der Waals surface area contributed by atoms with Gasteiger partial charge in [-0.2, -0.15) is 0 Å². The predicted octanol–water partition coefficient (Wildman–Crippen LogP) is -0.157. The van der Waals surface area contributed by atoms with Crippen molar-refractivity contribution in [1.82, 2.24) is 5.48 Å². The molecule has 0 bridgehead atoms. The molecule has 0 aromatic carbocycles. The summed E-state index contributed by atoms with van der Waals surface area (Å²) in [5, 5.41) is 0. The Kier molecular flexibility index (Phi) is 2.65. The van der Waals surface area contributed by atoms with Crippen molar-refractivity contribution >= 4 is 5.97 Å². The molecule has 1 aliphatic heterocycles. The van der Waals surface area contributed by atoms with Gasteiger partial charge in [-0.3, -0.25) is 4.84 Å². The van der Waals surface area contributed by atoms with Crippen molar-refractivity contribution in [2.45, 2.75) is 19.4 Å². The average Bonchev–Trinajstić information content (AvgIpc) is 2.38. The van der Waals surface area contributed by atoms with Crippen LogP contribution in [0.15, 0.2) is 0 Å². The third-order valence-electron chi connectivity index (χ3n) is 1.28. The first-order chi connectivity index (χ1) is 4.84. The molecule has 1 N–H and O–H groups in total. The first-order valence-corrected chi connectivity index (χ1v) is 3.39. The lowest BCUT2D eigenvalue weighted by Gasteiger charge is -2.05. The van der Waals surface area contributed by atoms with Gasteiger partial charge >= 0.3 is 5.97 Å². The van der Waals surface area contributed by atoms with Crippen molar-refractivity contribution in [2.24, 2.45) is 0 Å². The minimum atomic E-state index is -0.389. The molecule has 0 saturated carbocycles. The Hall–Kier alpha value is -0.610. The number of hydrogen-bond acceptors (Lipinski definition) is 4. The highest BCUT2D eigenvalue weighted by Crippen LogP contribution is 2.04. The van der Waals surface area contributed by atoms with E-state index in [0.29, 0.717) is 13.0 Å². The van der Waals surface area contributed by atoms with Crippen LogP contribution in [-0.4, -0.2) is 25.2 Å². The maximum Gasteiger partial charge on any atom is 0.337 e. The minimum Gasteiger partial charge on any atom is -0.464 e. The molecule has 0 aliphatic carbocycles. The highest BCUT2D eigenvalue weighted by Gasteiger charge is 2.24. The van der Waals surface area contributed by atoms with Gasteiger partial charge < -0.3 is 4.74 Å². The van der Waals surface area contributed by atoms with Gasteiger partial charge in [-0.25, -0.2) is 10.3 Å². The molecule has 10 heavy (non-hydrogen) atoms. The van der Waals surface area contributed by atoms with Crippen molar-refractivity contribution in [3.05, 3.63) is 0 Å². The second kappa shape index (κ2) is 3.53. The maximum absolute atomic E-state index is 10.9. The normalized spacial score (nSPS) is 24.7. The molecule has 4 nitrogen and oxygen atoms in total. The number of esters is 1. The molecule has 1 saturated heterocycles. The van der Waals surface area contributed by atoms with Gasteiger partial charge in [0.05, 0.1) is 6.61 Å². The Morgan fingerprint density at radius 2 is 2.70 bits per heavy atom. The number of hydroxylamine groups is 1. The predicted molar refractivity (Wildman–Crippen MR) is 34.1 cm³/mol. The Balaban J connectivity index is 2.25. The summed E-state index contributed by atoms with van der Waals surface area (Å²) in [4.78, 5) is 15.7. The molecular weight excluding hydrogens is 134 g/mol. The lowest BCUT2D eigenvalue weighted by molar-refractivity contribution is -0.156. The molecule has 0 aromatic heterocycles. The van der Waals surface area contributed by atoms with Crippen LogP contribution in [0.3, 0.4) is 0 Å². The van der Waals surface area contributed by atoms with Gasteiger partial charge in [0.2, 0.25) is 0 Å². The maximum atomic E-state index is 10.9. The number of carbonyl (C=O) groups is 1. The zero-order valence-electron chi connectivity index (χ0n) is 5.92. The summed E-state index contributed by atoms with van der Waals surface area (Å²) < 4.78 is 4.72. The van der Waals surface area contributed by atoms with E-state index in [9.17, 15) is 4.79 Å². The SMILES string of the molecule is CCOC(=O)C1CCNO1. The molecule has 1 fully saturated rings. The van der Waals surface area contributed by atoms with E-state index in [1.165, 1.54) is 0 Å². The largest absolute Gasteiger partial charge is 0.464 e. The number of nitrogens with one attached hydrogen (secondary N) is 1. The standard InChI is InChI=1S/C6H11NO3/c1-2-9-6(8)5-3-4-7-10-5/h5,7H,2-4H2,1H3. The van der Waals surface area contributed by atoms with Crippen LogP contribution < -0.4 is 5.48 Å². The van der Waals surface area contributed by atoms with E-state index in [0.717, 1.165) is 6.54 Å². The van der Waals surface area contributed by atoms with Crippen molar-refractivity contribution in [1.29, 1.82) is 0 Å². The highest BCUT2D eigenvalue weighted by atomic mass is 16.7. The molecule has 1 atom stereocenters. The summed E-state index contributed by atoms with van der Waals surface area (Å²) in [7, 11) is 0. The zero-order chi connectivity index (χ0) is 7.40. The number of ether oxygens (including phenoxy) is 1. The Morgan fingerprint density at radius 3 is 3.20 bits per heavy atom. The second-order valence-corrected chi connectivity index (χ2v) is 2.04. The quantitative estimate of drug-likeness (QED) is 0.548. The lowest BCUT2D eigenvalue weighted by atomic mass is 10.3. The summed E-state index contributed by atoms with van der Waals surface area (Å²) in [5.74, 6) is -0.271. The van der Waals surface area contributed by atoms with E-state index >= 15 is 0 Å². The molecule has 1 heterocycles. The van der Waals surface area contributed by atoms with Gasteiger partial charge in [-0.05, 0) is 6.92 Å². The molecule has 4 heteroatoms. The Labute approximate surface area is 59.5 Å². The molecule has 0 spiro atoms. The first-order valence-electron chi connectivity index (χ1n) is 3.39. The van der Waals surface area contributed by atoms with Crippen LogP contribution in [0.25, 0.3) is 0 Å². The Morgan fingerprint density at radius 1 is 1.90 bits per heavy atom. The minimum absolute atomic E-state index is 0.271. The van der Waals surface area contributed by atoms with Crippen LogP contribution in [0.4, 0.5) is 0 Å². The number of rotatable bonds is 2. The number of carbonyl (C=O) groups excluding carboxylic acids is 1. The van der Waals surface area contributed by atoms with Crippen molar-refractivity contribution < 1.29 is 14.4 Å². The average molecular weight is 145 g/mol. The summed E-state index contributed by atoms with van der Waals surface area (Å²) in [6.07, 6.45) is 0.318. The van der Waals surface area contributed by atoms with E-state index in [1.807, 2.05) is 0 Å². The van der Waals surface area contributed by atoms with Gasteiger partial charge in [0.25, 0.3) is 0 Å². The fourth-order valence-corrected chi connectivity index (χ4v) is 0.810. The van der Waals surface area contributed by atoms with Gasteiger partial charge in [0.15, 0.2) is 6.10 Å². The molecule has 0 amide bonds. The zero-order valence-corrected chi connectivity index (χ0v) is 5.92. The molecule has 1 unspecified atom stereocenters. The monoisotopic (exact) mass is 145 g/mol. The lowest BCUT2D eigenvalue weighted by Crippen LogP contribution is -2.23. The molecular formula is C6H11NO3. The summed E-state index contributed by atoms with van der Waals surface area (Å²) in [6.45, 7) is 2.92. The fourth-order valence-electron chi connectivity index (χ4n) is 0.810. The molecule has 1 rings (SSSR count). The van der Waals surface area contributed by atoms with E-state index in [2.05, 4.69) is 5.48 Å². The topological polar surface area (TPSA) is 47.6 Å². The van der Waals surface area contributed by atoms with Gasteiger partial charge in [-0.1, -0.05) is 0 Å². The van der Waals surface area contributed by atoms with Crippen LogP contribution >= 0.6 is 0 Å². The fraction of sp³-hybridized carbons (Fsp3) is 0.833. The highest BCUT2D eigenvalue weighted by molar-refractivity contribution is 5.74. The second-order valence-electron chi connectivity index (χ2n) is 2.04. The van der Waals surface area contributed by atoms with E-state index in [4.69, 9.17) is 9.57 Å². The van der Waals surface area contributed by atoms with E-state index < -0.39 is 0 Å². The smallest absolute Gasteiger partial charge is 0.337 e. The van der Waals surface area contributed by atoms with Crippen molar-refractivity contribution in [3.63, 3.8) is 0 Å². The molecule has 0 radical (unpaired) electrons. The summed E-state index contributed by atoms with van der Waals surface area (Å²) >= 11 is 0. The van der Waals surface area contributed by atoms with E-state index in [1.54, 1.807) is 6.92 Å². The molecule has 0 aromatic rings. The first kappa shape index (κ1) is 7.50. The van der Waals surface area contributed by atoms with Gasteiger partial charge in [-0.15, -0.1) is 0 Å².